The van der Waals surface area contributed by atoms with Gasteiger partial charge in [-0.15, -0.1) is 24.0 Å². The molecular weight excluding hydrogens is 472 g/mol. The van der Waals surface area contributed by atoms with Crippen molar-refractivity contribution in [2.75, 3.05) is 26.3 Å². The molecule has 2 aromatic rings. The van der Waals surface area contributed by atoms with E-state index in [2.05, 4.69) is 10.6 Å². The average Bonchev–Trinajstić information content (AvgIpc) is 3.35. The maximum Gasteiger partial charge on any atom is 0.191 e. The Morgan fingerprint density at radius 2 is 2.21 bits per heavy atom. The number of nitrogens with one attached hydrogen (secondary N) is 2. The molecule has 1 aromatic carbocycles. The van der Waals surface area contributed by atoms with Crippen molar-refractivity contribution in [3.63, 3.8) is 0 Å². The van der Waals surface area contributed by atoms with E-state index in [0.717, 1.165) is 43.3 Å². The molecule has 2 N–H and O–H groups in total. The Hall–Kier alpha value is -1.61. The molecule has 3 rings (SSSR count). The molecule has 1 aliphatic heterocycles. The highest BCUT2D eigenvalue weighted by Gasteiger charge is 2.16. The molecule has 1 saturated heterocycles. The molecule has 28 heavy (non-hydrogen) atoms. The SMILES string of the molecule is Cc1ccc(C(C)NC(=NCC2CCOC2)NCCc2ccco2)cc1F.I. The van der Waals surface area contributed by atoms with Gasteiger partial charge in [0.2, 0.25) is 0 Å². The van der Waals surface area contributed by atoms with E-state index in [1.54, 1.807) is 25.3 Å². The summed E-state index contributed by atoms with van der Waals surface area (Å²) in [6, 6.07) is 9.12. The number of rotatable bonds is 7. The summed E-state index contributed by atoms with van der Waals surface area (Å²) >= 11 is 0. The van der Waals surface area contributed by atoms with Crippen LogP contribution in [0.25, 0.3) is 0 Å². The number of furan rings is 1. The number of ether oxygens (including phenoxy) is 1. The number of hydrogen-bond acceptors (Lipinski definition) is 3. The van der Waals surface area contributed by atoms with Gasteiger partial charge in [-0.25, -0.2) is 4.39 Å². The summed E-state index contributed by atoms with van der Waals surface area (Å²) < 4.78 is 24.7. The predicted molar refractivity (Wildman–Crippen MR) is 120 cm³/mol. The van der Waals surface area contributed by atoms with Crippen molar-refractivity contribution in [2.24, 2.45) is 10.9 Å². The van der Waals surface area contributed by atoms with Crippen LogP contribution in [0.15, 0.2) is 46.0 Å². The van der Waals surface area contributed by atoms with Crippen LogP contribution in [0.3, 0.4) is 0 Å². The molecule has 0 saturated carbocycles. The fourth-order valence-corrected chi connectivity index (χ4v) is 3.03. The molecule has 5 nitrogen and oxygen atoms in total. The second kappa shape index (κ2) is 11.4. The lowest BCUT2D eigenvalue weighted by Gasteiger charge is -2.19. The number of aliphatic imine (C=N–C) groups is 1. The maximum absolute atomic E-state index is 13.9. The molecule has 0 bridgehead atoms. The van der Waals surface area contributed by atoms with Crippen LogP contribution < -0.4 is 10.6 Å². The highest BCUT2D eigenvalue weighted by atomic mass is 127. The third kappa shape index (κ3) is 6.77. The van der Waals surface area contributed by atoms with Gasteiger partial charge in [0.15, 0.2) is 5.96 Å². The molecule has 2 heterocycles. The lowest BCUT2D eigenvalue weighted by atomic mass is 10.1. The van der Waals surface area contributed by atoms with Crippen LogP contribution in [0.1, 0.15) is 36.3 Å². The van der Waals surface area contributed by atoms with Gasteiger partial charge in [-0.2, -0.15) is 0 Å². The lowest BCUT2D eigenvalue weighted by Crippen LogP contribution is -2.40. The Kier molecular flexibility index (Phi) is 9.24. The summed E-state index contributed by atoms with van der Waals surface area (Å²) in [5, 5.41) is 6.74. The quantitative estimate of drug-likeness (QED) is 0.339. The molecule has 0 amide bonds. The first-order valence-corrected chi connectivity index (χ1v) is 9.53. The third-order valence-corrected chi connectivity index (χ3v) is 4.82. The molecular formula is C21H29FIN3O2. The second-order valence-electron chi connectivity index (χ2n) is 7.05. The summed E-state index contributed by atoms with van der Waals surface area (Å²) in [4.78, 5) is 4.72. The summed E-state index contributed by atoms with van der Waals surface area (Å²) in [6.07, 6.45) is 3.49. The van der Waals surface area contributed by atoms with Gasteiger partial charge in [0.1, 0.15) is 11.6 Å². The van der Waals surface area contributed by atoms with E-state index in [0.29, 0.717) is 24.6 Å². The number of hydrogen-bond donors (Lipinski definition) is 2. The van der Waals surface area contributed by atoms with E-state index in [4.69, 9.17) is 14.1 Å². The minimum Gasteiger partial charge on any atom is -0.469 e. The zero-order valence-corrected chi connectivity index (χ0v) is 18.7. The van der Waals surface area contributed by atoms with Gasteiger partial charge in [0.05, 0.1) is 18.9 Å². The van der Waals surface area contributed by atoms with E-state index >= 15 is 0 Å². The molecule has 154 valence electrons. The number of aryl methyl sites for hydroxylation is 1. The molecule has 2 unspecified atom stereocenters. The van der Waals surface area contributed by atoms with Crippen LogP contribution in [0, 0.1) is 18.7 Å². The predicted octanol–water partition coefficient (Wildman–Crippen LogP) is 4.22. The van der Waals surface area contributed by atoms with Crippen LogP contribution >= 0.6 is 24.0 Å². The molecule has 1 aromatic heterocycles. The average molecular weight is 501 g/mol. The highest BCUT2D eigenvalue weighted by Crippen LogP contribution is 2.16. The second-order valence-corrected chi connectivity index (χ2v) is 7.05. The Labute approximate surface area is 183 Å². The molecule has 7 heteroatoms. The summed E-state index contributed by atoms with van der Waals surface area (Å²) in [5.74, 6) is 1.93. The van der Waals surface area contributed by atoms with Crippen LogP contribution in [0.4, 0.5) is 4.39 Å². The normalized spacial score (nSPS) is 17.8. The number of nitrogens with zero attached hydrogens (tertiary/aromatic N) is 1. The van der Waals surface area contributed by atoms with Crippen LogP contribution in [0.5, 0.6) is 0 Å². The van der Waals surface area contributed by atoms with E-state index < -0.39 is 0 Å². The van der Waals surface area contributed by atoms with Crippen molar-refractivity contribution in [3.8, 4) is 0 Å². The van der Waals surface area contributed by atoms with Gasteiger partial charge in [-0.05, 0) is 49.6 Å². The van der Waals surface area contributed by atoms with E-state index in [1.165, 1.54) is 0 Å². The molecule has 0 radical (unpaired) electrons. The fraction of sp³-hybridized carbons (Fsp3) is 0.476. The standard InChI is InChI=1S/C21H28FN3O2.HI/c1-15-5-6-18(12-20(15)22)16(2)25-21(24-13-17-8-11-26-14-17)23-9-7-19-4-3-10-27-19;/h3-6,10,12,16-17H,7-9,11,13-14H2,1-2H3,(H2,23,24,25);1H. The molecule has 0 spiro atoms. The Morgan fingerprint density at radius 1 is 1.36 bits per heavy atom. The number of guanidine groups is 1. The monoisotopic (exact) mass is 501 g/mol. The minimum atomic E-state index is -0.187. The van der Waals surface area contributed by atoms with Crippen molar-refractivity contribution in [3.05, 3.63) is 59.3 Å². The van der Waals surface area contributed by atoms with E-state index in [1.807, 2.05) is 25.1 Å². The van der Waals surface area contributed by atoms with Gasteiger partial charge >= 0.3 is 0 Å². The Balaban J connectivity index is 0.00000280. The first kappa shape index (κ1) is 22.7. The lowest BCUT2D eigenvalue weighted by molar-refractivity contribution is 0.187. The van der Waals surface area contributed by atoms with E-state index in [-0.39, 0.29) is 35.8 Å². The van der Waals surface area contributed by atoms with E-state index in [9.17, 15) is 4.39 Å². The summed E-state index contributed by atoms with van der Waals surface area (Å²) in [6.45, 7) is 6.77. The van der Waals surface area contributed by atoms with Gasteiger partial charge in [-0.3, -0.25) is 4.99 Å². The number of benzene rings is 1. The van der Waals surface area contributed by atoms with Crippen molar-refractivity contribution < 1.29 is 13.5 Å². The highest BCUT2D eigenvalue weighted by molar-refractivity contribution is 14.0. The van der Waals surface area contributed by atoms with Crippen molar-refractivity contribution in [2.45, 2.75) is 32.7 Å². The van der Waals surface area contributed by atoms with Crippen molar-refractivity contribution in [1.29, 1.82) is 0 Å². The smallest absolute Gasteiger partial charge is 0.191 e. The molecule has 1 fully saturated rings. The van der Waals surface area contributed by atoms with Crippen LogP contribution in [-0.4, -0.2) is 32.3 Å². The topological polar surface area (TPSA) is 58.8 Å². The zero-order chi connectivity index (χ0) is 19.1. The van der Waals surface area contributed by atoms with Crippen LogP contribution in [-0.2, 0) is 11.2 Å². The minimum absolute atomic E-state index is 0. The fourth-order valence-electron chi connectivity index (χ4n) is 3.03. The van der Waals surface area contributed by atoms with Crippen LogP contribution in [0.2, 0.25) is 0 Å². The van der Waals surface area contributed by atoms with Gasteiger partial charge < -0.3 is 19.8 Å². The van der Waals surface area contributed by atoms with Gasteiger partial charge in [0, 0.05) is 32.0 Å². The summed E-state index contributed by atoms with van der Waals surface area (Å²) in [5.41, 5.74) is 1.54. The Morgan fingerprint density at radius 3 is 2.89 bits per heavy atom. The molecule has 1 aliphatic rings. The van der Waals surface area contributed by atoms with Crippen molar-refractivity contribution >= 4 is 29.9 Å². The first-order valence-electron chi connectivity index (χ1n) is 9.53. The molecule has 0 aliphatic carbocycles. The van der Waals surface area contributed by atoms with Gasteiger partial charge in [-0.1, -0.05) is 12.1 Å². The summed E-state index contributed by atoms with van der Waals surface area (Å²) in [7, 11) is 0. The first-order chi connectivity index (χ1) is 13.1. The Bertz CT molecular complexity index is 746. The van der Waals surface area contributed by atoms with Gasteiger partial charge in [0.25, 0.3) is 0 Å². The zero-order valence-electron chi connectivity index (χ0n) is 16.4. The van der Waals surface area contributed by atoms with Crippen molar-refractivity contribution in [1.82, 2.24) is 10.6 Å². The molecule has 2 atom stereocenters. The largest absolute Gasteiger partial charge is 0.469 e. The third-order valence-electron chi connectivity index (χ3n) is 4.82. The maximum atomic E-state index is 13.9. The number of halogens is 2.